The first kappa shape index (κ1) is 20.8. The van der Waals surface area contributed by atoms with E-state index in [-0.39, 0.29) is 17.2 Å². The topological polar surface area (TPSA) is 0 Å². The Morgan fingerprint density at radius 2 is 1.48 bits per heavy atom. The first-order valence-corrected chi connectivity index (χ1v) is 11.3. The van der Waals surface area contributed by atoms with Gasteiger partial charge in [0, 0.05) is 11.1 Å². The van der Waals surface area contributed by atoms with Crippen LogP contribution in [0.3, 0.4) is 0 Å². The molecular formula is C24H33ClF2. The molecule has 2 saturated carbocycles. The third-order valence-electron chi connectivity index (χ3n) is 7.12. The van der Waals surface area contributed by atoms with Crippen molar-refractivity contribution >= 4 is 11.6 Å². The summed E-state index contributed by atoms with van der Waals surface area (Å²) in [5, 5.41) is 0. The van der Waals surface area contributed by atoms with Crippen LogP contribution in [0.2, 0.25) is 0 Å². The molecule has 0 radical (unpaired) electrons. The highest BCUT2D eigenvalue weighted by molar-refractivity contribution is 6.25. The highest BCUT2D eigenvalue weighted by Crippen LogP contribution is 2.42. The van der Waals surface area contributed by atoms with E-state index >= 15 is 0 Å². The number of allylic oxidation sites excluding steroid dienone is 1. The van der Waals surface area contributed by atoms with E-state index < -0.39 is 0 Å². The van der Waals surface area contributed by atoms with Crippen molar-refractivity contribution in [3.63, 3.8) is 0 Å². The van der Waals surface area contributed by atoms with E-state index in [1.54, 1.807) is 24.6 Å². The first-order valence-electron chi connectivity index (χ1n) is 10.8. The molecule has 0 aliphatic heterocycles. The van der Waals surface area contributed by atoms with Crippen LogP contribution in [0.25, 0.3) is 0 Å². The van der Waals surface area contributed by atoms with Gasteiger partial charge >= 0.3 is 0 Å². The van der Waals surface area contributed by atoms with Crippen LogP contribution in [0.1, 0.15) is 75.8 Å². The van der Waals surface area contributed by atoms with Crippen LogP contribution < -0.4 is 0 Å². The molecule has 0 unspecified atom stereocenters. The summed E-state index contributed by atoms with van der Waals surface area (Å²) in [6.45, 7) is 1.79. The van der Waals surface area contributed by atoms with Crippen molar-refractivity contribution in [2.24, 2.45) is 23.7 Å². The molecule has 0 saturated heterocycles. The minimum absolute atomic E-state index is 0.218. The molecule has 0 amide bonds. The molecular weight excluding hydrogens is 362 g/mol. The van der Waals surface area contributed by atoms with Crippen LogP contribution in [0.15, 0.2) is 23.7 Å². The van der Waals surface area contributed by atoms with Gasteiger partial charge in [-0.05, 0) is 99.2 Å². The number of hydrogen-bond acceptors (Lipinski definition) is 0. The van der Waals surface area contributed by atoms with Crippen LogP contribution in [0, 0.1) is 35.3 Å². The molecule has 3 rings (SSSR count). The summed E-state index contributed by atoms with van der Waals surface area (Å²) in [7, 11) is 0. The Balaban J connectivity index is 1.42. The monoisotopic (exact) mass is 394 g/mol. The van der Waals surface area contributed by atoms with Crippen LogP contribution >= 0.6 is 11.6 Å². The fourth-order valence-electron chi connectivity index (χ4n) is 5.37. The number of halogens is 3. The lowest BCUT2D eigenvalue weighted by molar-refractivity contribution is 0.153. The van der Waals surface area contributed by atoms with Crippen LogP contribution in [0.4, 0.5) is 8.78 Å². The standard InChI is InChI=1S/C24H33ClF2/c1-2-22-23(26)15-19(16-24(22)27)4-3-17-5-9-20(10-6-17)21-11-7-18(8-12-21)13-14-25/h13-18,20-21H,2-12H2,1H3/b14-13+. The molecule has 0 spiro atoms. The lowest BCUT2D eigenvalue weighted by Crippen LogP contribution is -2.25. The van der Waals surface area contributed by atoms with Gasteiger partial charge in [0.2, 0.25) is 0 Å². The van der Waals surface area contributed by atoms with Crippen LogP contribution in [-0.2, 0) is 12.8 Å². The maximum atomic E-state index is 14.0. The van der Waals surface area contributed by atoms with Gasteiger partial charge < -0.3 is 0 Å². The third kappa shape index (κ3) is 5.56. The van der Waals surface area contributed by atoms with E-state index in [0.717, 1.165) is 30.2 Å². The molecule has 0 aromatic heterocycles. The van der Waals surface area contributed by atoms with E-state index in [4.69, 9.17) is 11.6 Å². The zero-order chi connectivity index (χ0) is 19.2. The van der Waals surface area contributed by atoms with Crippen LogP contribution in [-0.4, -0.2) is 0 Å². The van der Waals surface area contributed by atoms with Gasteiger partial charge in [-0.25, -0.2) is 8.78 Å². The molecule has 3 heteroatoms. The van der Waals surface area contributed by atoms with E-state index in [1.807, 2.05) is 0 Å². The van der Waals surface area contributed by atoms with Gasteiger partial charge in [0.25, 0.3) is 0 Å². The van der Waals surface area contributed by atoms with E-state index in [9.17, 15) is 8.78 Å². The largest absolute Gasteiger partial charge is 0.207 e. The van der Waals surface area contributed by atoms with Crippen molar-refractivity contribution in [2.45, 2.75) is 77.6 Å². The summed E-state index contributed by atoms with van der Waals surface area (Å²) in [4.78, 5) is 0. The second kappa shape index (κ2) is 10.0. The van der Waals surface area contributed by atoms with Crippen molar-refractivity contribution in [2.75, 3.05) is 0 Å². The number of hydrogen-bond donors (Lipinski definition) is 0. The predicted octanol–water partition coefficient (Wildman–Crippen LogP) is 7.83. The average Bonchev–Trinajstić information content (AvgIpc) is 2.67. The molecule has 2 aliphatic carbocycles. The normalized spacial score (nSPS) is 29.3. The molecule has 2 fully saturated rings. The van der Waals surface area contributed by atoms with Crippen molar-refractivity contribution in [1.82, 2.24) is 0 Å². The Labute approximate surface area is 168 Å². The van der Waals surface area contributed by atoms with Crippen molar-refractivity contribution in [3.8, 4) is 0 Å². The fraction of sp³-hybridized carbons (Fsp3) is 0.667. The number of benzene rings is 1. The summed E-state index contributed by atoms with van der Waals surface area (Å²) >= 11 is 5.72. The predicted molar refractivity (Wildman–Crippen MR) is 110 cm³/mol. The van der Waals surface area contributed by atoms with E-state index in [0.29, 0.717) is 18.3 Å². The molecule has 0 nitrogen and oxygen atoms in total. The SMILES string of the molecule is CCc1c(F)cc(CCC2CCC(C3CCC(/C=C/Cl)CC3)CC2)cc1F. The van der Waals surface area contributed by atoms with Gasteiger partial charge in [0.15, 0.2) is 0 Å². The second-order valence-electron chi connectivity index (χ2n) is 8.70. The lowest BCUT2D eigenvalue weighted by Gasteiger charge is -2.37. The number of rotatable bonds is 6. The smallest absolute Gasteiger partial charge is 0.129 e. The molecule has 0 atom stereocenters. The summed E-state index contributed by atoms with van der Waals surface area (Å²) in [6.07, 6.45) is 14.9. The maximum absolute atomic E-state index is 14.0. The highest BCUT2D eigenvalue weighted by atomic mass is 35.5. The zero-order valence-corrected chi connectivity index (χ0v) is 17.3. The molecule has 150 valence electrons. The summed E-state index contributed by atoms with van der Waals surface area (Å²) in [5.74, 6) is 2.44. The van der Waals surface area contributed by atoms with E-state index in [2.05, 4.69) is 6.08 Å². The van der Waals surface area contributed by atoms with E-state index in [1.165, 1.54) is 51.4 Å². The molecule has 0 bridgehead atoms. The Kier molecular flexibility index (Phi) is 7.75. The van der Waals surface area contributed by atoms with Gasteiger partial charge in [0.1, 0.15) is 11.6 Å². The van der Waals surface area contributed by atoms with Crippen LogP contribution in [0.5, 0.6) is 0 Å². The quantitative estimate of drug-likeness (QED) is 0.461. The van der Waals surface area contributed by atoms with Gasteiger partial charge in [0.05, 0.1) is 0 Å². The Hall–Kier alpha value is -0.890. The van der Waals surface area contributed by atoms with Crippen molar-refractivity contribution < 1.29 is 8.78 Å². The Bertz CT molecular complexity index is 600. The fourth-order valence-corrected chi connectivity index (χ4v) is 5.57. The number of aryl methyl sites for hydroxylation is 1. The molecule has 0 heterocycles. The van der Waals surface area contributed by atoms with Gasteiger partial charge in [-0.2, -0.15) is 0 Å². The summed E-state index contributed by atoms with van der Waals surface area (Å²) < 4.78 is 27.9. The zero-order valence-electron chi connectivity index (χ0n) is 16.5. The summed E-state index contributed by atoms with van der Waals surface area (Å²) in [5.41, 5.74) is 2.72. The average molecular weight is 395 g/mol. The minimum Gasteiger partial charge on any atom is -0.207 e. The summed E-state index contributed by atoms with van der Waals surface area (Å²) in [6, 6.07) is 3.09. The third-order valence-corrected chi connectivity index (χ3v) is 7.26. The maximum Gasteiger partial charge on any atom is 0.129 e. The molecule has 27 heavy (non-hydrogen) atoms. The molecule has 2 aliphatic rings. The Morgan fingerprint density at radius 3 is 2.00 bits per heavy atom. The first-order chi connectivity index (χ1) is 13.1. The molecule has 1 aromatic rings. The van der Waals surface area contributed by atoms with Crippen molar-refractivity contribution in [1.29, 1.82) is 0 Å². The Morgan fingerprint density at radius 1 is 0.926 bits per heavy atom. The van der Waals surface area contributed by atoms with Gasteiger partial charge in [-0.3, -0.25) is 0 Å². The minimum atomic E-state index is -0.379. The molecule has 1 aromatic carbocycles. The molecule has 0 N–H and O–H groups in total. The van der Waals surface area contributed by atoms with Gasteiger partial charge in [-0.15, -0.1) is 0 Å². The lowest BCUT2D eigenvalue weighted by atomic mass is 9.68. The van der Waals surface area contributed by atoms with Gasteiger partial charge in [-0.1, -0.05) is 37.4 Å². The van der Waals surface area contributed by atoms with Crippen molar-refractivity contribution in [3.05, 3.63) is 46.5 Å². The second-order valence-corrected chi connectivity index (χ2v) is 8.96. The highest BCUT2D eigenvalue weighted by Gasteiger charge is 2.30.